The van der Waals surface area contributed by atoms with Crippen molar-refractivity contribution in [3.63, 3.8) is 0 Å². The molecule has 0 fully saturated rings. The average molecular weight is 444 g/mol. The minimum atomic E-state index is -0.420. The van der Waals surface area contributed by atoms with E-state index in [0.29, 0.717) is 17.5 Å². The molecule has 3 heterocycles. The molecule has 2 aromatic carbocycles. The van der Waals surface area contributed by atoms with Crippen molar-refractivity contribution in [2.24, 2.45) is 14.1 Å². The van der Waals surface area contributed by atoms with E-state index >= 15 is 0 Å². The van der Waals surface area contributed by atoms with Crippen LogP contribution in [0.3, 0.4) is 0 Å². The Bertz CT molecular complexity index is 1500. The summed E-state index contributed by atoms with van der Waals surface area (Å²) in [5.41, 5.74) is 5.52. The van der Waals surface area contributed by atoms with E-state index in [1.807, 2.05) is 19.1 Å². The topological polar surface area (TPSA) is 58.2 Å². The molecule has 1 aliphatic heterocycles. The monoisotopic (exact) mass is 443 g/mol. The molecule has 4 aromatic rings. The molecule has 2 aromatic heterocycles. The van der Waals surface area contributed by atoms with Crippen molar-refractivity contribution in [2.45, 2.75) is 39.3 Å². The Kier molecular flexibility index (Phi) is 4.76. The molecule has 6 heteroatoms. The number of nitrogens with zero attached hydrogens (tertiary/aromatic N) is 3. The minimum absolute atomic E-state index is 0.288. The quantitative estimate of drug-likeness (QED) is 0.467. The van der Waals surface area contributed by atoms with Crippen molar-refractivity contribution in [3.8, 4) is 11.3 Å². The fraction of sp³-hybridized carbons (Fsp3) is 0.333. The van der Waals surface area contributed by atoms with Gasteiger partial charge < -0.3 is 9.30 Å². The largest absolute Gasteiger partial charge is 0.365 e. The molecule has 0 amide bonds. The maximum atomic E-state index is 13.6. The highest BCUT2D eigenvalue weighted by atomic mass is 16.5. The molecule has 0 N–H and O–H groups in total. The summed E-state index contributed by atoms with van der Waals surface area (Å²) < 4.78 is 11.5. The predicted octanol–water partition coefficient (Wildman–Crippen LogP) is 4.18. The van der Waals surface area contributed by atoms with Crippen LogP contribution in [0.4, 0.5) is 0 Å². The lowest BCUT2D eigenvalue weighted by Crippen LogP contribution is -2.40. The Morgan fingerprint density at radius 3 is 2.06 bits per heavy atom. The van der Waals surface area contributed by atoms with Crippen LogP contribution in [0.2, 0.25) is 0 Å². The number of aromatic nitrogens is 3. The minimum Gasteiger partial charge on any atom is -0.365 e. The Morgan fingerprint density at radius 1 is 0.879 bits per heavy atom. The van der Waals surface area contributed by atoms with Crippen LogP contribution in [0.1, 0.15) is 42.3 Å². The molecule has 0 saturated heterocycles. The molecule has 6 nitrogen and oxygen atoms in total. The van der Waals surface area contributed by atoms with Crippen LogP contribution in [0, 0.1) is 13.8 Å². The highest BCUT2D eigenvalue weighted by Gasteiger charge is 2.40. The van der Waals surface area contributed by atoms with E-state index in [1.54, 1.807) is 18.7 Å². The lowest BCUT2D eigenvalue weighted by Gasteiger charge is -2.39. The zero-order chi connectivity index (χ0) is 23.7. The maximum Gasteiger partial charge on any atom is 0.331 e. The average Bonchev–Trinajstić information content (AvgIpc) is 3.15. The normalized spacial score (nSPS) is 17.3. The second-order valence-corrected chi connectivity index (χ2v) is 9.78. The van der Waals surface area contributed by atoms with E-state index in [9.17, 15) is 9.59 Å². The summed E-state index contributed by atoms with van der Waals surface area (Å²) >= 11 is 0. The molecule has 1 aliphatic rings. The van der Waals surface area contributed by atoms with Crippen LogP contribution in [-0.4, -0.2) is 20.3 Å². The van der Waals surface area contributed by atoms with Gasteiger partial charge in [-0.25, -0.2) is 4.79 Å². The number of fused-ring (bicyclic) bond motifs is 3. The Balaban J connectivity index is 2.00. The third-order valence-corrected chi connectivity index (χ3v) is 6.77. The zero-order valence-electron chi connectivity index (χ0n) is 20.0. The van der Waals surface area contributed by atoms with Gasteiger partial charge in [0.25, 0.3) is 5.56 Å². The van der Waals surface area contributed by atoms with Crippen molar-refractivity contribution in [2.75, 3.05) is 6.61 Å². The van der Waals surface area contributed by atoms with Gasteiger partial charge in [-0.05, 0) is 38.8 Å². The smallest absolute Gasteiger partial charge is 0.331 e. The first-order chi connectivity index (χ1) is 15.6. The van der Waals surface area contributed by atoms with Crippen LogP contribution < -0.4 is 11.2 Å². The maximum absolute atomic E-state index is 13.6. The molecule has 0 spiro atoms. The van der Waals surface area contributed by atoms with Gasteiger partial charge >= 0.3 is 5.69 Å². The standard InChI is InChI=1S/C27H29N3O3/c1-16-7-11-18(12-8-16)21-20-22(28(5)26(32)29(6)25(20)31)23-24(19-13-9-17(2)10-14-19)33-15-27(3,4)30(21)23/h7-14,24H,15H2,1-6H3/t24-/m1/s1. The molecule has 170 valence electrons. The van der Waals surface area contributed by atoms with Gasteiger partial charge in [-0.3, -0.25) is 13.9 Å². The zero-order valence-corrected chi connectivity index (χ0v) is 20.0. The van der Waals surface area contributed by atoms with Crippen LogP contribution in [0.15, 0.2) is 58.1 Å². The van der Waals surface area contributed by atoms with E-state index in [4.69, 9.17) is 4.74 Å². The van der Waals surface area contributed by atoms with Crippen molar-refractivity contribution in [1.82, 2.24) is 13.7 Å². The third-order valence-electron chi connectivity index (χ3n) is 6.77. The summed E-state index contributed by atoms with van der Waals surface area (Å²) in [6.45, 7) is 8.80. The van der Waals surface area contributed by atoms with E-state index in [1.165, 1.54) is 4.57 Å². The Morgan fingerprint density at radius 2 is 1.45 bits per heavy atom. The summed E-state index contributed by atoms with van der Waals surface area (Å²) in [4.78, 5) is 26.6. The fourth-order valence-corrected chi connectivity index (χ4v) is 4.98. The van der Waals surface area contributed by atoms with Gasteiger partial charge in [0.05, 0.1) is 34.4 Å². The van der Waals surface area contributed by atoms with Gasteiger partial charge in [-0.2, -0.15) is 0 Å². The lowest BCUT2D eigenvalue weighted by atomic mass is 9.97. The van der Waals surface area contributed by atoms with E-state index in [2.05, 4.69) is 61.7 Å². The van der Waals surface area contributed by atoms with Crippen LogP contribution in [0.5, 0.6) is 0 Å². The van der Waals surface area contributed by atoms with Gasteiger partial charge in [-0.15, -0.1) is 0 Å². The second kappa shape index (κ2) is 7.32. The molecule has 33 heavy (non-hydrogen) atoms. The highest BCUT2D eigenvalue weighted by molar-refractivity contribution is 5.96. The number of benzene rings is 2. The molecular weight excluding hydrogens is 414 g/mol. The van der Waals surface area contributed by atoms with Gasteiger partial charge in [0.1, 0.15) is 6.10 Å². The van der Waals surface area contributed by atoms with Crippen molar-refractivity contribution in [3.05, 3.63) is 91.8 Å². The van der Waals surface area contributed by atoms with Gasteiger partial charge in [0.2, 0.25) is 0 Å². The number of hydrogen-bond donors (Lipinski definition) is 0. The van der Waals surface area contributed by atoms with Gasteiger partial charge in [0.15, 0.2) is 0 Å². The second-order valence-electron chi connectivity index (χ2n) is 9.78. The Hall–Kier alpha value is -3.38. The van der Waals surface area contributed by atoms with E-state index in [0.717, 1.165) is 33.6 Å². The van der Waals surface area contributed by atoms with E-state index in [-0.39, 0.29) is 11.2 Å². The lowest BCUT2D eigenvalue weighted by molar-refractivity contribution is -0.00707. The fourth-order valence-electron chi connectivity index (χ4n) is 4.98. The van der Waals surface area contributed by atoms with E-state index < -0.39 is 11.6 Å². The summed E-state index contributed by atoms with van der Waals surface area (Å²) in [5, 5.41) is 0.550. The molecule has 0 bridgehead atoms. The van der Waals surface area contributed by atoms with Gasteiger partial charge in [0, 0.05) is 14.1 Å². The molecule has 0 saturated carbocycles. The van der Waals surface area contributed by atoms with Crippen LogP contribution in [-0.2, 0) is 24.4 Å². The number of aryl methyl sites for hydroxylation is 3. The van der Waals surface area contributed by atoms with Crippen LogP contribution >= 0.6 is 0 Å². The molecule has 0 radical (unpaired) electrons. The first-order valence-electron chi connectivity index (χ1n) is 11.2. The number of rotatable bonds is 2. The van der Waals surface area contributed by atoms with Crippen LogP contribution in [0.25, 0.3) is 22.2 Å². The first kappa shape index (κ1) is 21.5. The number of hydrogen-bond acceptors (Lipinski definition) is 3. The van der Waals surface area contributed by atoms with Crippen molar-refractivity contribution in [1.29, 1.82) is 0 Å². The molecule has 5 rings (SSSR count). The third kappa shape index (κ3) is 3.12. The van der Waals surface area contributed by atoms with Crippen molar-refractivity contribution < 1.29 is 4.74 Å². The molecule has 0 aliphatic carbocycles. The molecule has 0 unspecified atom stereocenters. The summed E-state index contributed by atoms with van der Waals surface area (Å²) in [6.07, 6.45) is -0.391. The summed E-state index contributed by atoms with van der Waals surface area (Å²) in [7, 11) is 3.27. The van der Waals surface area contributed by atoms with Gasteiger partial charge in [-0.1, -0.05) is 59.7 Å². The first-order valence-corrected chi connectivity index (χ1v) is 11.2. The summed E-state index contributed by atoms with van der Waals surface area (Å²) in [6, 6.07) is 16.5. The molecule has 1 atom stereocenters. The van der Waals surface area contributed by atoms with Crippen molar-refractivity contribution >= 4 is 10.9 Å². The summed E-state index contributed by atoms with van der Waals surface area (Å²) in [5.74, 6) is 0. The highest BCUT2D eigenvalue weighted by Crippen LogP contribution is 2.45. The molecular formula is C27H29N3O3. The number of ether oxygens (including phenoxy) is 1. The predicted molar refractivity (Wildman–Crippen MR) is 131 cm³/mol. The SMILES string of the molecule is Cc1ccc(-c2c3c(=O)n(C)c(=O)n(C)c3c3n2C(C)(C)CO[C@@H]3c2ccc(C)cc2)cc1. The Labute approximate surface area is 192 Å².